The highest BCUT2D eigenvalue weighted by Gasteiger charge is 2.61. The van der Waals surface area contributed by atoms with Gasteiger partial charge in [-0.05, 0) is 81.0 Å². The molecule has 2 nitrogen and oxygen atoms in total. The first-order valence-electron chi connectivity index (χ1n) is 11.0. The first kappa shape index (κ1) is 19.1. The van der Waals surface area contributed by atoms with E-state index in [0.717, 1.165) is 30.8 Å². The molecule has 27 heavy (non-hydrogen) atoms. The van der Waals surface area contributed by atoms with E-state index < -0.39 is 0 Å². The van der Waals surface area contributed by atoms with Gasteiger partial charge < -0.3 is 9.53 Å². The van der Waals surface area contributed by atoms with Gasteiger partial charge in [-0.25, -0.2) is 0 Å². The molecule has 1 unspecified atom stereocenters. The van der Waals surface area contributed by atoms with E-state index in [1.165, 1.54) is 63.4 Å². The third kappa shape index (κ3) is 2.68. The summed E-state index contributed by atoms with van der Waals surface area (Å²) in [5.41, 5.74) is 2.31. The van der Waals surface area contributed by atoms with Crippen molar-refractivity contribution < 1.29 is 9.53 Å². The number of rotatable bonds is 3. The maximum atomic E-state index is 11.7. The predicted octanol–water partition coefficient (Wildman–Crippen LogP) is 5.91. The molecule has 5 aliphatic rings. The molecule has 4 aliphatic carbocycles. The highest BCUT2D eigenvalue weighted by molar-refractivity contribution is 8.77. The summed E-state index contributed by atoms with van der Waals surface area (Å²) in [6.07, 6.45) is 15.6. The Morgan fingerprint density at radius 2 is 2.04 bits per heavy atom. The summed E-state index contributed by atoms with van der Waals surface area (Å²) in [5, 5.41) is 0. The number of hydrogen-bond donors (Lipinski definition) is 0. The molecule has 0 N–H and O–H groups in total. The van der Waals surface area contributed by atoms with Crippen LogP contribution in [0.4, 0.5) is 0 Å². The average Bonchev–Trinajstić information content (AvgIpc) is 3.26. The lowest BCUT2D eigenvalue weighted by Gasteiger charge is -2.60. The Morgan fingerprint density at radius 3 is 2.78 bits per heavy atom. The summed E-state index contributed by atoms with van der Waals surface area (Å²) in [6, 6.07) is 0. The van der Waals surface area contributed by atoms with E-state index in [0.29, 0.717) is 10.7 Å². The number of aldehydes is 1. The maximum Gasteiger partial charge on any atom is 0.123 e. The Labute approximate surface area is 172 Å². The number of hydrogen-bond acceptors (Lipinski definition) is 4. The van der Waals surface area contributed by atoms with Crippen LogP contribution < -0.4 is 0 Å². The van der Waals surface area contributed by atoms with Crippen molar-refractivity contribution in [3.05, 3.63) is 11.6 Å². The summed E-state index contributed by atoms with van der Waals surface area (Å²) < 4.78 is 6.33. The van der Waals surface area contributed by atoms with Gasteiger partial charge in [-0.15, -0.1) is 0 Å². The summed E-state index contributed by atoms with van der Waals surface area (Å²) in [5.74, 6) is 3.96. The number of carbonyl (C=O) groups is 1. The van der Waals surface area contributed by atoms with Crippen LogP contribution in [-0.2, 0) is 9.53 Å². The number of carbonyl (C=O) groups excluding carboxylic acids is 1. The average molecular weight is 407 g/mol. The van der Waals surface area contributed by atoms with Gasteiger partial charge >= 0.3 is 0 Å². The van der Waals surface area contributed by atoms with Gasteiger partial charge in [-0.3, -0.25) is 0 Å². The molecular weight excluding hydrogens is 372 g/mol. The Hall–Kier alpha value is 0.0700. The lowest BCUT2D eigenvalue weighted by atomic mass is 9.46. The molecule has 0 bridgehead atoms. The van der Waals surface area contributed by atoms with Crippen LogP contribution in [0.25, 0.3) is 0 Å². The Bertz CT molecular complexity index is 640. The fourth-order valence-electron chi connectivity index (χ4n) is 8.04. The highest BCUT2D eigenvalue weighted by Crippen LogP contribution is 2.68. The summed E-state index contributed by atoms with van der Waals surface area (Å²) in [6.45, 7) is 3.35. The molecule has 0 radical (unpaired) electrons. The molecule has 1 saturated heterocycles. The lowest BCUT2D eigenvalue weighted by Crippen LogP contribution is -2.54. The topological polar surface area (TPSA) is 26.3 Å². The van der Waals surface area contributed by atoms with Crippen LogP contribution in [0.1, 0.15) is 64.7 Å². The van der Waals surface area contributed by atoms with Crippen molar-refractivity contribution in [2.45, 2.75) is 69.5 Å². The van der Waals surface area contributed by atoms with E-state index in [9.17, 15) is 4.79 Å². The van der Waals surface area contributed by atoms with E-state index in [1.807, 2.05) is 7.11 Å². The quantitative estimate of drug-likeness (QED) is 0.330. The predicted molar refractivity (Wildman–Crippen MR) is 115 cm³/mol. The maximum absolute atomic E-state index is 11.7. The minimum atomic E-state index is 0.270. The zero-order valence-corrected chi connectivity index (χ0v) is 18.5. The van der Waals surface area contributed by atoms with Crippen molar-refractivity contribution in [3.63, 3.8) is 0 Å². The van der Waals surface area contributed by atoms with Crippen molar-refractivity contribution in [2.75, 3.05) is 19.5 Å². The van der Waals surface area contributed by atoms with Crippen molar-refractivity contribution >= 4 is 27.9 Å². The second-order valence-electron chi connectivity index (χ2n) is 10.3. The Kier molecular flexibility index (Phi) is 4.80. The molecule has 4 heteroatoms. The second-order valence-corrected chi connectivity index (χ2v) is 13.1. The monoisotopic (exact) mass is 406 g/mol. The van der Waals surface area contributed by atoms with Gasteiger partial charge in [0.15, 0.2) is 0 Å². The molecule has 0 aromatic rings. The van der Waals surface area contributed by atoms with E-state index in [-0.39, 0.29) is 10.8 Å². The molecule has 3 saturated carbocycles. The molecule has 150 valence electrons. The molecule has 5 rings (SSSR count). The molecule has 1 spiro atoms. The lowest BCUT2D eigenvalue weighted by molar-refractivity contribution is -0.119. The summed E-state index contributed by atoms with van der Waals surface area (Å²) in [7, 11) is 6.13. The normalized spacial score (nSPS) is 51.4. The van der Waals surface area contributed by atoms with E-state index in [1.54, 1.807) is 5.57 Å². The van der Waals surface area contributed by atoms with Crippen LogP contribution in [0, 0.1) is 34.5 Å². The number of fused-ring (bicyclic) bond motifs is 5. The van der Waals surface area contributed by atoms with Crippen LogP contribution in [-0.4, -0.2) is 30.5 Å². The molecule has 1 aliphatic heterocycles. The molecule has 0 aromatic carbocycles. The fraction of sp³-hybridized carbons (Fsp3) is 0.870. The van der Waals surface area contributed by atoms with Crippen molar-refractivity contribution in [2.24, 2.45) is 34.5 Å². The molecule has 7 atom stereocenters. The fourth-order valence-corrected chi connectivity index (χ4v) is 11.3. The minimum absolute atomic E-state index is 0.270. The van der Waals surface area contributed by atoms with Gasteiger partial charge in [0.1, 0.15) is 6.29 Å². The minimum Gasteiger partial charge on any atom is -0.384 e. The zero-order chi connectivity index (χ0) is 18.7. The Morgan fingerprint density at radius 1 is 1.15 bits per heavy atom. The standard InChI is InChI=1S/C23H34O2S2/c1-21-8-7-20-18(19(21)6-4-17(21)14-24)5-3-16-13-22(11-12-26-27-22)9-10-23(16,20)15-25-2/h13-14,17-20H,3-12,15H2,1-2H3/t17-,18+,19+,20+,21-,22?,23-/m1/s1. The van der Waals surface area contributed by atoms with Crippen LogP contribution in [0.15, 0.2) is 11.6 Å². The van der Waals surface area contributed by atoms with Gasteiger partial charge in [0.05, 0.1) is 6.61 Å². The number of ether oxygens (including phenoxy) is 1. The molecule has 0 amide bonds. The van der Waals surface area contributed by atoms with E-state index >= 15 is 0 Å². The van der Waals surface area contributed by atoms with Crippen LogP contribution >= 0.6 is 21.6 Å². The molecule has 4 fully saturated rings. The van der Waals surface area contributed by atoms with Gasteiger partial charge in [0.25, 0.3) is 0 Å². The van der Waals surface area contributed by atoms with Crippen LogP contribution in [0.5, 0.6) is 0 Å². The van der Waals surface area contributed by atoms with Crippen molar-refractivity contribution in [3.8, 4) is 0 Å². The van der Waals surface area contributed by atoms with Crippen LogP contribution in [0.2, 0.25) is 0 Å². The largest absolute Gasteiger partial charge is 0.384 e. The molecular formula is C23H34O2S2. The van der Waals surface area contributed by atoms with E-state index in [4.69, 9.17) is 4.74 Å². The van der Waals surface area contributed by atoms with Gasteiger partial charge in [0, 0.05) is 28.9 Å². The second kappa shape index (κ2) is 6.80. The molecule has 0 aromatic heterocycles. The molecule has 1 heterocycles. The van der Waals surface area contributed by atoms with Gasteiger partial charge in [-0.1, -0.05) is 40.2 Å². The van der Waals surface area contributed by atoms with Gasteiger partial charge in [-0.2, -0.15) is 0 Å². The van der Waals surface area contributed by atoms with Crippen LogP contribution in [0.3, 0.4) is 0 Å². The number of methoxy groups -OCH3 is 1. The smallest absolute Gasteiger partial charge is 0.123 e. The SMILES string of the molecule is COC[C@]12CCC3(C=C1CC[C@@H]1[C@@H]2CC[C@]2(C)[C@@H](C=O)CC[C@@H]12)CCSS3. The third-order valence-corrected chi connectivity index (χ3v) is 12.6. The summed E-state index contributed by atoms with van der Waals surface area (Å²) >= 11 is 0. The highest BCUT2D eigenvalue weighted by atomic mass is 33.1. The van der Waals surface area contributed by atoms with E-state index in [2.05, 4.69) is 34.6 Å². The first-order chi connectivity index (χ1) is 13.1. The van der Waals surface area contributed by atoms with Crippen molar-refractivity contribution in [1.29, 1.82) is 0 Å². The van der Waals surface area contributed by atoms with Gasteiger partial charge in [0.2, 0.25) is 0 Å². The Balaban J connectivity index is 1.50. The third-order valence-electron chi connectivity index (χ3n) is 9.44. The van der Waals surface area contributed by atoms with Crippen molar-refractivity contribution in [1.82, 2.24) is 0 Å². The first-order valence-corrected chi connectivity index (χ1v) is 13.4. The zero-order valence-electron chi connectivity index (χ0n) is 16.9. The summed E-state index contributed by atoms with van der Waals surface area (Å²) in [4.78, 5) is 11.7.